The maximum absolute atomic E-state index is 10.3. The third-order valence-corrected chi connectivity index (χ3v) is 6.24. The van der Waals surface area contributed by atoms with E-state index < -0.39 is 19.4 Å². The first-order chi connectivity index (χ1) is 4.50. The normalized spacial score (nSPS) is 23.8. The molecule has 2 atom stereocenters. The molecule has 0 saturated heterocycles. The van der Waals surface area contributed by atoms with E-state index in [1.165, 1.54) is 0 Å². The average Bonchev–Trinajstić information content (AvgIpc) is 1.58. The quantitative estimate of drug-likeness (QED) is 0.259. The third kappa shape index (κ3) is 5.50. The van der Waals surface area contributed by atoms with Gasteiger partial charge in [0.15, 0.2) is 15.2 Å². The molecular weight excluding hydrogens is 260 g/mol. The molecule has 0 heterocycles. The zero-order chi connectivity index (χ0) is 9.50. The van der Waals surface area contributed by atoms with Crippen molar-refractivity contribution in [2.45, 2.75) is 11.2 Å². The molecule has 11 heteroatoms. The minimum absolute atomic E-state index is 0. The van der Waals surface area contributed by atoms with E-state index in [-0.39, 0.29) is 59.1 Å². The summed E-state index contributed by atoms with van der Waals surface area (Å²) >= 11 is 3.10. The van der Waals surface area contributed by atoms with Crippen LogP contribution in [0.1, 0.15) is 6.92 Å². The van der Waals surface area contributed by atoms with Gasteiger partial charge in [0.05, 0.1) is 0 Å². The van der Waals surface area contributed by atoms with Gasteiger partial charge in [-0.05, 0) is 6.92 Å². The molecule has 0 fully saturated rings. The summed E-state index contributed by atoms with van der Waals surface area (Å²) in [6.45, 7) is 0.567. The molecule has 0 aliphatic heterocycles. The van der Waals surface area contributed by atoms with Crippen molar-refractivity contribution in [1.82, 2.24) is 0 Å². The van der Waals surface area contributed by atoms with Crippen LogP contribution in [0.4, 0.5) is 0 Å². The molecule has 0 radical (unpaired) electrons. The Morgan fingerprint density at radius 3 is 1.31 bits per heavy atom. The first kappa shape index (κ1) is 21.0. The van der Waals surface area contributed by atoms with Crippen molar-refractivity contribution in [2.75, 3.05) is 0 Å². The van der Waals surface area contributed by atoms with Gasteiger partial charge in [0.1, 0.15) is 4.23 Å². The summed E-state index contributed by atoms with van der Waals surface area (Å²) in [5, 5.41) is 0. The van der Waals surface area contributed by atoms with E-state index in [0.717, 1.165) is 0 Å². The van der Waals surface area contributed by atoms with Crippen LogP contribution in [-0.4, -0.2) is 14.0 Å². The molecule has 0 aliphatic carbocycles. The van der Waals surface area contributed by atoms with Crippen LogP contribution in [0.5, 0.6) is 0 Å². The van der Waals surface area contributed by atoms with Crippen molar-refractivity contribution in [3.8, 4) is 0 Å². The van der Waals surface area contributed by atoms with Gasteiger partial charge in [0.2, 0.25) is 0 Å². The Morgan fingerprint density at radius 1 is 1.15 bits per heavy atom. The topological polar surface area (TPSA) is 121 Å². The number of rotatable bonds is 2. The molecule has 0 amide bonds. The minimum atomic E-state index is -5.20. The fourth-order valence-electron chi connectivity index (χ4n) is 0.160. The van der Waals surface area contributed by atoms with Crippen LogP contribution >= 0.6 is 27.8 Å². The van der Waals surface area contributed by atoms with E-state index >= 15 is 0 Å². The molecule has 13 heavy (non-hydrogen) atoms. The molecule has 0 aromatic carbocycles. The van der Waals surface area contributed by atoms with Gasteiger partial charge in [0, 0.05) is 0 Å². The molecule has 0 aromatic rings. The van der Waals surface area contributed by atoms with Crippen LogP contribution in [0.25, 0.3) is 0 Å². The second-order valence-corrected chi connectivity index (χ2v) is 7.83. The van der Waals surface area contributed by atoms with Gasteiger partial charge in [0.25, 0.3) is 0 Å². The molecule has 2 unspecified atom stereocenters. The Morgan fingerprint density at radius 2 is 1.31 bits per heavy atom. The molecule has 0 bridgehead atoms. The standard InChI is InChI=1S/C2H8O6P2S.2Na/c1-2(11,9(3,4)5)10(6,7)8;;/h11H,1H3,(H2,3,4,5)(H2,6,7,8);;/q;2*+1/p-2. The molecule has 6 nitrogen and oxygen atoms in total. The summed E-state index contributed by atoms with van der Waals surface area (Å²) in [5.74, 6) is 0. The first-order valence-corrected chi connectivity index (χ1v) is 5.90. The van der Waals surface area contributed by atoms with Crippen LogP contribution in [0, 0.1) is 0 Å². The van der Waals surface area contributed by atoms with Crippen molar-refractivity contribution in [3.05, 3.63) is 0 Å². The van der Waals surface area contributed by atoms with Crippen molar-refractivity contribution in [3.63, 3.8) is 0 Å². The molecule has 0 saturated carbocycles. The Kier molecular flexibility index (Phi) is 10.3. The van der Waals surface area contributed by atoms with Crippen molar-refractivity contribution >= 4 is 27.8 Å². The molecule has 0 spiro atoms. The summed E-state index contributed by atoms with van der Waals surface area (Å²) in [6, 6.07) is 0. The van der Waals surface area contributed by atoms with Gasteiger partial charge in [-0.3, -0.25) is 0 Å². The molecule has 0 rings (SSSR count). The monoisotopic (exact) mass is 266 g/mol. The zero-order valence-corrected chi connectivity index (χ0v) is 14.1. The van der Waals surface area contributed by atoms with Gasteiger partial charge in [-0.2, -0.15) is 12.6 Å². The van der Waals surface area contributed by atoms with E-state index in [2.05, 4.69) is 12.6 Å². The van der Waals surface area contributed by atoms with Crippen molar-refractivity contribution in [2.24, 2.45) is 0 Å². The average molecular weight is 266 g/mol. The summed E-state index contributed by atoms with van der Waals surface area (Å²) in [7, 11) is -10.4. The molecule has 68 valence electrons. The maximum Gasteiger partial charge on any atom is 1.00 e. The predicted molar refractivity (Wildman–Crippen MR) is 37.0 cm³/mol. The van der Waals surface area contributed by atoms with Crippen LogP contribution in [0.2, 0.25) is 0 Å². The van der Waals surface area contributed by atoms with Gasteiger partial charge in [-0.15, -0.1) is 0 Å². The van der Waals surface area contributed by atoms with Gasteiger partial charge < -0.3 is 28.7 Å². The summed E-state index contributed by atoms with van der Waals surface area (Å²) in [6.07, 6.45) is 0. The first-order valence-electron chi connectivity index (χ1n) is 2.30. The van der Waals surface area contributed by atoms with Crippen LogP contribution in [-0.2, 0) is 9.13 Å². The van der Waals surface area contributed by atoms with E-state index in [9.17, 15) is 18.9 Å². The van der Waals surface area contributed by atoms with E-state index in [1.807, 2.05) is 0 Å². The SMILES string of the molecule is CC(S)(P(=O)([O-])O)P(=O)([O-])O.[Na+].[Na+]. The minimum Gasteiger partial charge on any atom is -0.777 e. The zero-order valence-electron chi connectivity index (χ0n) is 7.37. The Bertz CT molecular complexity index is 219. The summed E-state index contributed by atoms with van der Waals surface area (Å²) in [5.41, 5.74) is 0. The van der Waals surface area contributed by atoms with Gasteiger partial charge in [-0.1, -0.05) is 0 Å². The summed E-state index contributed by atoms with van der Waals surface area (Å²) in [4.78, 5) is 37.1. The van der Waals surface area contributed by atoms with Gasteiger partial charge in [-0.25, -0.2) is 0 Å². The number of hydrogen-bond acceptors (Lipinski definition) is 5. The molecule has 0 aliphatic rings. The van der Waals surface area contributed by atoms with Crippen molar-refractivity contribution in [1.29, 1.82) is 0 Å². The fraction of sp³-hybridized carbons (Fsp3) is 1.00. The third-order valence-electron chi connectivity index (χ3n) is 1.07. The van der Waals surface area contributed by atoms with Gasteiger partial charge >= 0.3 is 59.1 Å². The number of hydrogen-bond donors (Lipinski definition) is 3. The van der Waals surface area contributed by atoms with Crippen LogP contribution in [0.15, 0.2) is 0 Å². The Balaban J connectivity index is -0.000000500. The Hall–Kier alpha value is 2.65. The van der Waals surface area contributed by atoms with Crippen LogP contribution < -0.4 is 68.9 Å². The van der Waals surface area contributed by atoms with E-state index in [0.29, 0.717) is 6.92 Å². The van der Waals surface area contributed by atoms with E-state index in [1.54, 1.807) is 0 Å². The van der Waals surface area contributed by atoms with Crippen LogP contribution in [0.3, 0.4) is 0 Å². The van der Waals surface area contributed by atoms with Crippen molar-refractivity contribution < 1.29 is 87.8 Å². The molecular formula is C2H6Na2O6P2S. The second kappa shape index (κ2) is 6.40. The summed E-state index contributed by atoms with van der Waals surface area (Å²) < 4.78 is 17.7. The molecule has 0 aromatic heterocycles. The maximum atomic E-state index is 10.3. The fourth-order valence-corrected chi connectivity index (χ4v) is 1.44. The Labute approximate surface area is 125 Å². The second-order valence-electron chi connectivity index (χ2n) is 2.01. The molecule has 2 N–H and O–H groups in total. The van der Waals surface area contributed by atoms with E-state index in [4.69, 9.17) is 9.79 Å². The smallest absolute Gasteiger partial charge is 0.777 e. The largest absolute Gasteiger partial charge is 1.00 e. The number of thiol groups is 1. The predicted octanol–water partition coefficient (Wildman–Crippen LogP) is -7.31.